The number of amides is 1. The zero-order valence-corrected chi connectivity index (χ0v) is 23.4. The molecule has 3 fully saturated rings. The van der Waals surface area contributed by atoms with Gasteiger partial charge in [-0.25, -0.2) is 0 Å². The highest BCUT2D eigenvalue weighted by Crippen LogP contribution is 2.39. The zero-order chi connectivity index (χ0) is 26.7. The van der Waals surface area contributed by atoms with Crippen LogP contribution in [0.1, 0.15) is 75.5 Å². The lowest BCUT2D eigenvalue weighted by Crippen LogP contribution is -2.41. The van der Waals surface area contributed by atoms with Crippen molar-refractivity contribution in [2.75, 3.05) is 24.6 Å². The van der Waals surface area contributed by atoms with Crippen LogP contribution in [0.25, 0.3) is 6.08 Å². The third kappa shape index (κ3) is 5.34. The molecule has 1 saturated carbocycles. The molecule has 0 bridgehead atoms. The first-order chi connectivity index (χ1) is 17.8. The van der Waals surface area contributed by atoms with Crippen LogP contribution in [-0.2, 0) is 20.9 Å². The molecule has 3 aliphatic rings. The molecule has 198 valence electrons. The molecule has 8 nitrogen and oxygen atoms in total. The van der Waals surface area contributed by atoms with Crippen LogP contribution in [0.4, 0.5) is 5.82 Å². The lowest BCUT2D eigenvalue weighted by Gasteiger charge is -2.35. The predicted molar refractivity (Wildman–Crippen MR) is 149 cm³/mol. The van der Waals surface area contributed by atoms with E-state index in [1.54, 1.807) is 23.3 Å². The van der Waals surface area contributed by atoms with Crippen molar-refractivity contribution in [3.63, 3.8) is 0 Å². The van der Waals surface area contributed by atoms with Crippen LogP contribution in [-0.4, -0.2) is 51.4 Å². The van der Waals surface area contributed by atoms with Gasteiger partial charge in [-0.2, -0.15) is 5.26 Å². The predicted octanol–water partition coefficient (Wildman–Crippen LogP) is 4.36. The van der Waals surface area contributed by atoms with E-state index in [9.17, 15) is 19.6 Å². The van der Waals surface area contributed by atoms with Crippen molar-refractivity contribution >= 4 is 52.1 Å². The normalized spacial score (nSPS) is 20.5. The summed E-state index contributed by atoms with van der Waals surface area (Å²) < 4.78 is 7.40. The average molecular weight is 543 g/mol. The molecule has 2 aliphatic heterocycles. The number of esters is 1. The van der Waals surface area contributed by atoms with E-state index in [4.69, 9.17) is 17.0 Å². The Bertz CT molecular complexity index is 1220. The molecule has 1 amide bonds. The van der Waals surface area contributed by atoms with Crippen molar-refractivity contribution in [2.24, 2.45) is 5.92 Å². The zero-order valence-electron chi connectivity index (χ0n) is 21.7. The third-order valence-corrected chi connectivity index (χ3v) is 8.95. The second kappa shape index (κ2) is 11.8. The molecule has 0 unspecified atom stereocenters. The molecule has 2 saturated heterocycles. The number of rotatable bonds is 6. The molecule has 0 atom stereocenters. The summed E-state index contributed by atoms with van der Waals surface area (Å²) in [4.78, 5) is 43.5. The number of pyridine rings is 1. The van der Waals surface area contributed by atoms with Crippen molar-refractivity contribution in [1.29, 1.82) is 5.26 Å². The molecule has 1 aromatic heterocycles. The van der Waals surface area contributed by atoms with E-state index in [0.717, 1.165) is 25.7 Å². The van der Waals surface area contributed by atoms with Gasteiger partial charge in [-0.3, -0.25) is 23.9 Å². The SMILES string of the molecule is CCOC(=O)C1CCN(c2c(/C=C3/SC(=S)N(C4CCCCC4)C3=O)c(C)c(C#N)c(=O)n2CC)CC1. The Morgan fingerprint density at radius 1 is 1.16 bits per heavy atom. The van der Waals surface area contributed by atoms with E-state index in [-0.39, 0.29) is 35.0 Å². The van der Waals surface area contributed by atoms with Crippen molar-refractivity contribution in [3.05, 3.63) is 31.9 Å². The van der Waals surface area contributed by atoms with Crippen molar-refractivity contribution in [2.45, 2.75) is 78.3 Å². The number of nitrogens with zero attached hydrogens (tertiary/aromatic N) is 4. The molecule has 0 spiro atoms. The van der Waals surface area contributed by atoms with E-state index in [0.29, 0.717) is 65.3 Å². The van der Waals surface area contributed by atoms with Crippen molar-refractivity contribution in [3.8, 4) is 6.07 Å². The molecule has 0 aromatic carbocycles. The second-order valence-electron chi connectivity index (χ2n) is 9.76. The lowest BCUT2D eigenvalue weighted by atomic mass is 9.94. The van der Waals surface area contributed by atoms with Gasteiger partial charge in [-0.05, 0) is 58.1 Å². The summed E-state index contributed by atoms with van der Waals surface area (Å²) in [6, 6.07) is 2.21. The van der Waals surface area contributed by atoms with E-state index >= 15 is 0 Å². The first-order valence-electron chi connectivity index (χ1n) is 13.2. The monoisotopic (exact) mass is 542 g/mol. The molecule has 10 heteroatoms. The fourth-order valence-electron chi connectivity index (χ4n) is 5.63. The number of nitriles is 1. The number of carbonyl (C=O) groups excluding carboxylic acids is 2. The van der Waals surface area contributed by atoms with Crippen molar-refractivity contribution < 1.29 is 14.3 Å². The molecular formula is C27H34N4O4S2. The van der Waals surface area contributed by atoms with Gasteiger partial charge in [0, 0.05) is 31.2 Å². The molecule has 1 aliphatic carbocycles. The first kappa shape index (κ1) is 27.4. The fourth-order valence-corrected chi connectivity index (χ4v) is 7.01. The molecule has 1 aromatic rings. The molecular weight excluding hydrogens is 508 g/mol. The largest absolute Gasteiger partial charge is 0.466 e. The lowest BCUT2D eigenvalue weighted by molar-refractivity contribution is -0.148. The summed E-state index contributed by atoms with van der Waals surface area (Å²) in [5.74, 6) is 0.237. The number of hydrogen-bond acceptors (Lipinski definition) is 8. The quantitative estimate of drug-likeness (QED) is 0.297. The first-order valence-corrected chi connectivity index (χ1v) is 14.4. The smallest absolute Gasteiger partial charge is 0.309 e. The highest BCUT2D eigenvalue weighted by molar-refractivity contribution is 8.26. The Balaban J connectivity index is 1.74. The third-order valence-electron chi connectivity index (χ3n) is 7.62. The number of ether oxygens (including phenoxy) is 1. The van der Waals surface area contributed by atoms with Crippen LogP contribution in [0, 0.1) is 24.2 Å². The number of carbonyl (C=O) groups is 2. The van der Waals surface area contributed by atoms with E-state index in [1.165, 1.54) is 18.2 Å². The Morgan fingerprint density at radius 3 is 2.43 bits per heavy atom. The van der Waals surface area contributed by atoms with Crippen LogP contribution >= 0.6 is 24.0 Å². The van der Waals surface area contributed by atoms with Gasteiger partial charge in [0.05, 0.1) is 17.4 Å². The second-order valence-corrected chi connectivity index (χ2v) is 11.4. The highest BCUT2D eigenvalue weighted by Gasteiger charge is 2.38. The molecule has 3 heterocycles. The summed E-state index contributed by atoms with van der Waals surface area (Å²) in [5, 5.41) is 9.81. The number of anilines is 1. The van der Waals surface area contributed by atoms with Crippen LogP contribution in [0.15, 0.2) is 9.70 Å². The van der Waals surface area contributed by atoms with E-state index in [2.05, 4.69) is 11.0 Å². The Kier molecular flexibility index (Phi) is 8.75. The molecule has 4 rings (SSSR count). The fraction of sp³-hybridized carbons (Fsp3) is 0.593. The molecule has 37 heavy (non-hydrogen) atoms. The minimum atomic E-state index is -0.336. The average Bonchev–Trinajstić information content (AvgIpc) is 3.18. The topological polar surface area (TPSA) is 95.6 Å². The van der Waals surface area contributed by atoms with Gasteiger partial charge < -0.3 is 9.64 Å². The van der Waals surface area contributed by atoms with E-state index < -0.39 is 0 Å². The van der Waals surface area contributed by atoms with E-state index in [1.807, 2.05) is 13.0 Å². The Hall–Kier alpha value is -2.64. The summed E-state index contributed by atoms with van der Waals surface area (Å²) in [7, 11) is 0. The molecule has 0 radical (unpaired) electrons. The summed E-state index contributed by atoms with van der Waals surface area (Å²) in [6.45, 7) is 7.31. The van der Waals surface area contributed by atoms with Gasteiger partial charge >= 0.3 is 5.97 Å². The van der Waals surface area contributed by atoms with Gasteiger partial charge in [-0.15, -0.1) is 0 Å². The molecule has 0 N–H and O–H groups in total. The standard InChI is InChI=1S/C27H34N4O4S2/c1-4-30-23(29-13-11-18(12-14-29)26(34)35-5-2)20(17(3)21(16-28)24(30)32)15-22-25(33)31(27(36)37-22)19-9-7-6-8-10-19/h15,18-19H,4-14H2,1-3H3/b22-15+. The summed E-state index contributed by atoms with van der Waals surface area (Å²) in [6.07, 6.45) is 8.33. The number of piperidine rings is 1. The van der Waals surface area contributed by atoms with Gasteiger partial charge in [0.1, 0.15) is 21.8 Å². The maximum atomic E-state index is 13.5. The maximum Gasteiger partial charge on any atom is 0.309 e. The highest BCUT2D eigenvalue weighted by atomic mass is 32.2. The Labute approximate surface area is 227 Å². The van der Waals surface area contributed by atoms with Gasteiger partial charge in [0.2, 0.25) is 0 Å². The minimum Gasteiger partial charge on any atom is -0.466 e. The van der Waals surface area contributed by atoms with Gasteiger partial charge in [0.25, 0.3) is 11.5 Å². The van der Waals surface area contributed by atoms with Crippen LogP contribution in [0.2, 0.25) is 0 Å². The van der Waals surface area contributed by atoms with Gasteiger partial charge in [0.15, 0.2) is 0 Å². The van der Waals surface area contributed by atoms with Crippen LogP contribution < -0.4 is 10.5 Å². The van der Waals surface area contributed by atoms with Crippen LogP contribution in [0.5, 0.6) is 0 Å². The maximum absolute atomic E-state index is 13.5. The number of thioether (sulfide) groups is 1. The summed E-state index contributed by atoms with van der Waals surface area (Å²) in [5.41, 5.74) is 0.998. The Morgan fingerprint density at radius 2 is 1.84 bits per heavy atom. The van der Waals surface area contributed by atoms with Crippen molar-refractivity contribution in [1.82, 2.24) is 9.47 Å². The summed E-state index contributed by atoms with van der Waals surface area (Å²) >= 11 is 6.92. The number of aromatic nitrogens is 1. The number of hydrogen-bond donors (Lipinski definition) is 0. The van der Waals surface area contributed by atoms with Gasteiger partial charge in [-0.1, -0.05) is 43.2 Å². The number of thiocarbonyl (C=S) groups is 1. The minimum absolute atomic E-state index is 0.0843. The van der Waals surface area contributed by atoms with Crippen LogP contribution in [0.3, 0.4) is 0 Å².